The minimum Gasteiger partial charge on any atom is -0.489 e. The first-order valence-electron chi connectivity index (χ1n) is 9.66. The van der Waals surface area contributed by atoms with Gasteiger partial charge in [-0.15, -0.1) is 0 Å². The average molecular weight is 397 g/mol. The quantitative estimate of drug-likeness (QED) is 0.445. The minimum atomic E-state index is 0.513. The Kier molecular flexibility index (Phi) is 4.91. The van der Waals surface area contributed by atoms with Crippen molar-refractivity contribution in [3.05, 3.63) is 102 Å². The van der Waals surface area contributed by atoms with E-state index in [0.29, 0.717) is 31.2 Å². The molecular formula is C23H19N5O2. The molecule has 4 heterocycles. The monoisotopic (exact) mass is 397 g/mol. The van der Waals surface area contributed by atoms with E-state index < -0.39 is 0 Å². The molecule has 1 aromatic carbocycles. The number of benzene rings is 1. The van der Waals surface area contributed by atoms with Crippen LogP contribution in [-0.4, -0.2) is 25.1 Å². The van der Waals surface area contributed by atoms with Crippen molar-refractivity contribution >= 4 is 11.0 Å². The lowest BCUT2D eigenvalue weighted by Gasteiger charge is -2.06. The number of ether oxygens (including phenoxy) is 1. The molecule has 0 saturated carbocycles. The van der Waals surface area contributed by atoms with Gasteiger partial charge in [0.1, 0.15) is 18.0 Å². The van der Waals surface area contributed by atoms with Gasteiger partial charge >= 0.3 is 0 Å². The molecule has 0 atom stereocenters. The number of pyridine rings is 2. The van der Waals surface area contributed by atoms with E-state index in [1.165, 1.54) is 0 Å². The Labute approximate surface area is 172 Å². The Morgan fingerprint density at radius 2 is 1.77 bits per heavy atom. The van der Waals surface area contributed by atoms with Crippen LogP contribution in [0.2, 0.25) is 0 Å². The topological polar surface area (TPSA) is 89.7 Å². The van der Waals surface area contributed by atoms with Gasteiger partial charge in [0.15, 0.2) is 5.82 Å². The summed E-state index contributed by atoms with van der Waals surface area (Å²) < 4.78 is 11.3. The van der Waals surface area contributed by atoms with Crippen LogP contribution in [0.5, 0.6) is 5.75 Å². The zero-order valence-corrected chi connectivity index (χ0v) is 16.2. The Balaban J connectivity index is 1.21. The van der Waals surface area contributed by atoms with Crippen molar-refractivity contribution in [3.8, 4) is 5.75 Å². The number of hydrogen-bond donors (Lipinski definition) is 1. The summed E-state index contributed by atoms with van der Waals surface area (Å²) in [7, 11) is 0. The van der Waals surface area contributed by atoms with Crippen molar-refractivity contribution in [2.75, 3.05) is 0 Å². The molecule has 7 heteroatoms. The smallest absolute Gasteiger partial charge is 0.231 e. The van der Waals surface area contributed by atoms with Crippen molar-refractivity contribution < 1.29 is 9.26 Å². The first-order valence-corrected chi connectivity index (χ1v) is 9.66. The second-order valence-electron chi connectivity index (χ2n) is 6.96. The van der Waals surface area contributed by atoms with Crippen LogP contribution in [0.3, 0.4) is 0 Å². The highest BCUT2D eigenvalue weighted by Crippen LogP contribution is 2.20. The molecule has 0 amide bonds. The Bertz CT molecular complexity index is 1250. The van der Waals surface area contributed by atoms with Gasteiger partial charge in [0.25, 0.3) is 0 Å². The summed E-state index contributed by atoms with van der Waals surface area (Å²) in [6, 6.07) is 15.8. The Hall–Kier alpha value is -4.00. The van der Waals surface area contributed by atoms with Gasteiger partial charge in [-0.1, -0.05) is 17.3 Å². The SMILES string of the molecule is c1cnc2[nH]cc(Cc3nc(Cc4ccc(OCc5ccncc5)cc4)no3)c2c1. The van der Waals surface area contributed by atoms with E-state index in [1.54, 1.807) is 18.6 Å². The molecule has 1 N–H and O–H groups in total. The second kappa shape index (κ2) is 8.16. The summed E-state index contributed by atoms with van der Waals surface area (Å²) in [4.78, 5) is 16.0. The van der Waals surface area contributed by atoms with Crippen molar-refractivity contribution in [2.24, 2.45) is 0 Å². The molecular weight excluding hydrogens is 378 g/mol. The van der Waals surface area contributed by atoms with E-state index >= 15 is 0 Å². The summed E-state index contributed by atoms with van der Waals surface area (Å²) >= 11 is 0. The lowest BCUT2D eigenvalue weighted by atomic mass is 10.1. The maximum atomic E-state index is 5.81. The summed E-state index contributed by atoms with van der Waals surface area (Å²) in [5.74, 6) is 2.07. The van der Waals surface area contributed by atoms with Crippen molar-refractivity contribution in [2.45, 2.75) is 19.4 Å². The predicted octanol–water partition coefficient (Wildman–Crippen LogP) is 4.10. The van der Waals surface area contributed by atoms with E-state index in [2.05, 4.69) is 25.1 Å². The molecule has 0 fully saturated rings. The highest BCUT2D eigenvalue weighted by atomic mass is 16.5. The molecule has 0 spiro atoms. The molecule has 0 unspecified atom stereocenters. The first-order chi connectivity index (χ1) is 14.8. The fraction of sp³-hybridized carbons (Fsp3) is 0.130. The lowest BCUT2D eigenvalue weighted by molar-refractivity contribution is 0.306. The molecule has 5 rings (SSSR count). The van der Waals surface area contributed by atoms with Gasteiger partial charge < -0.3 is 14.2 Å². The van der Waals surface area contributed by atoms with Crippen molar-refractivity contribution in [3.63, 3.8) is 0 Å². The fourth-order valence-electron chi connectivity index (χ4n) is 3.29. The van der Waals surface area contributed by atoms with Crippen LogP contribution in [0.25, 0.3) is 11.0 Å². The number of aromatic amines is 1. The Morgan fingerprint density at radius 1 is 0.900 bits per heavy atom. The predicted molar refractivity (Wildman–Crippen MR) is 111 cm³/mol. The van der Waals surface area contributed by atoms with E-state index in [1.807, 2.05) is 54.7 Å². The molecule has 0 bridgehead atoms. The van der Waals surface area contributed by atoms with Gasteiger partial charge in [0.2, 0.25) is 5.89 Å². The number of nitrogens with zero attached hydrogens (tertiary/aromatic N) is 4. The highest BCUT2D eigenvalue weighted by Gasteiger charge is 2.11. The van der Waals surface area contributed by atoms with Crippen LogP contribution < -0.4 is 4.74 Å². The van der Waals surface area contributed by atoms with E-state index in [9.17, 15) is 0 Å². The van der Waals surface area contributed by atoms with E-state index in [0.717, 1.165) is 33.5 Å². The third kappa shape index (κ3) is 4.05. The molecule has 148 valence electrons. The zero-order valence-electron chi connectivity index (χ0n) is 16.2. The minimum absolute atomic E-state index is 0.513. The van der Waals surface area contributed by atoms with Crippen LogP contribution in [0, 0.1) is 0 Å². The number of rotatable bonds is 7. The van der Waals surface area contributed by atoms with Gasteiger partial charge in [-0.25, -0.2) is 4.98 Å². The molecule has 0 saturated heterocycles. The number of H-pyrrole nitrogens is 1. The standard InChI is InChI=1S/C23H19N5O2/c1-2-20-18(14-26-23(20)25-9-1)13-22-27-21(28-30-22)12-16-3-5-19(6-4-16)29-15-17-7-10-24-11-8-17/h1-11,14H,12-13,15H2,(H,25,26). The molecule has 0 radical (unpaired) electrons. The van der Waals surface area contributed by atoms with Gasteiger partial charge in [-0.2, -0.15) is 4.98 Å². The maximum absolute atomic E-state index is 5.81. The lowest BCUT2D eigenvalue weighted by Crippen LogP contribution is -1.96. The second-order valence-corrected chi connectivity index (χ2v) is 6.96. The molecule has 4 aromatic heterocycles. The third-order valence-corrected chi connectivity index (χ3v) is 4.83. The number of fused-ring (bicyclic) bond motifs is 1. The zero-order chi connectivity index (χ0) is 20.2. The van der Waals surface area contributed by atoms with Crippen LogP contribution in [0.4, 0.5) is 0 Å². The van der Waals surface area contributed by atoms with E-state index in [4.69, 9.17) is 9.26 Å². The summed E-state index contributed by atoms with van der Waals surface area (Å²) in [6.07, 6.45) is 8.39. The van der Waals surface area contributed by atoms with Crippen LogP contribution in [-0.2, 0) is 19.4 Å². The van der Waals surface area contributed by atoms with Crippen LogP contribution in [0.15, 0.2) is 77.8 Å². The molecule has 0 aliphatic rings. The van der Waals surface area contributed by atoms with Gasteiger partial charge in [-0.05, 0) is 53.1 Å². The van der Waals surface area contributed by atoms with Crippen LogP contribution in [0.1, 0.15) is 28.4 Å². The first kappa shape index (κ1) is 18.1. The van der Waals surface area contributed by atoms with Crippen LogP contribution >= 0.6 is 0 Å². The molecule has 0 aliphatic heterocycles. The number of hydrogen-bond acceptors (Lipinski definition) is 6. The van der Waals surface area contributed by atoms with Crippen molar-refractivity contribution in [1.82, 2.24) is 25.1 Å². The van der Waals surface area contributed by atoms with Crippen molar-refractivity contribution in [1.29, 1.82) is 0 Å². The van der Waals surface area contributed by atoms with Gasteiger partial charge in [0, 0.05) is 36.6 Å². The van der Waals surface area contributed by atoms with Gasteiger partial charge in [0.05, 0.1) is 6.42 Å². The van der Waals surface area contributed by atoms with Gasteiger partial charge in [-0.3, -0.25) is 4.98 Å². The number of nitrogens with one attached hydrogen (secondary N) is 1. The molecule has 0 aliphatic carbocycles. The summed E-state index contributed by atoms with van der Waals surface area (Å²) in [5.41, 5.74) is 4.12. The summed E-state index contributed by atoms with van der Waals surface area (Å²) in [5, 5.41) is 5.19. The third-order valence-electron chi connectivity index (χ3n) is 4.83. The highest BCUT2D eigenvalue weighted by molar-refractivity contribution is 5.79. The molecule has 30 heavy (non-hydrogen) atoms. The normalized spacial score (nSPS) is 11.1. The average Bonchev–Trinajstić information content (AvgIpc) is 3.41. The number of aromatic nitrogens is 5. The largest absolute Gasteiger partial charge is 0.489 e. The molecule has 5 aromatic rings. The maximum Gasteiger partial charge on any atom is 0.231 e. The van der Waals surface area contributed by atoms with E-state index in [-0.39, 0.29) is 0 Å². The fourth-order valence-corrected chi connectivity index (χ4v) is 3.29. The molecule has 7 nitrogen and oxygen atoms in total. The summed E-state index contributed by atoms with van der Waals surface area (Å²) in [6.45, 7) is 0.513. The Morgan fingerprint density at radius 3 is 2.63 bits per heavy atom.